The number of halogens is 1. The van der Waals surface area contributed by atoms with Crippen molar-refractivity contribution in [2.75, 3.05) is 7.11 Å². The summed E-state index contributed by atoms with van der Waals surface area (Å²) in [6, 6.07) is 5.78. The Morgan fingerprint density at radius 3 is 2.85 bits per heavy atom. The van der Waals surface area contributed by atoms with Crippen molar-refractivity contribution in [3.05, 3.63) is 34.7 Å². The lowest BCUT2D eigenvalue weighted by molar-refractivity contribution is -0.137. The van der Waals surface area contributed by atoms with Crippen molar-refractivity contribution < 1.29 is 14.6 Å². The Hall–Kier alpha value is -1.82. The number of methoxy groups -OCH3 is 1. The molecule has 2 aromatic rings. The van der Waals surface area contributed by atoms with Gasteiger partial charge < -0.3 is 14.4 Å². The second kappa shape index (κ2) is 6.09. The number of rotatable bonds is 5. The van der Waals surface area contributed by atoms with Gasteiger partial charge in [0.1, 0.15) is 11.6 Å². The predicted octanol–water partition coefficient (Wildman–Crippen LogP) is 2.88. The minimum atomic E-state index is -0.818. The van der Waals surface area contributed by atoms with Crippen molar-refractivity contribution in [3.63, 3.8) is 0 Å². The van der Waals surface area contributed by atoms with E-state index in [1.165, 1.54) is 0 Å². The number of aromatic nitrogens is 2. The summed E-state index contributed by atoms with van der Waals surface area (Å²) in [5.41, 5.74) is 1.93. The van der Waals surface area contributed by atoms with Crippen molar-refractivity contribution in [1.29, 1.82) is 0 Å². The zero-order valence-electron chi connectivity index (χ0n) is 11.3. The predicted molar refractivity (Wildman–Crippen MR) is 78.9 cm³/mol. The van der Waals surface area contributed by atoms with Gasteiger partial charge in [0, 0.05) is 19.0 Å². The van der Waals surface area contributed by atoms with Crippen LogP contribution in [0.15, 0.2) is 28.9 Å². The molecular weight excluding hydrogens is 324 g/mol. The number of hydrogen-bond donors (Lipinski definition) is 1. The zero-order valence-corrected chi connectivity index (χ0v) is 12.8. The van der Waals surface area contributed by atoms with E-state index in [9.17, 15) is 4.79 Å². The van der Waals surface area contributed by atoms with E-state index in [1.807, 2.05) is 29.8 Å². The summed E-state index contributed by atoms with van der Waals surface area (Å²) in [5, 5.41) is 8.73. The largest absolute Gasteiger partial charge is 0.496 e. The third kappa shape index (κ3) is 3.01. The fourth-order valence-electron chi connectivity index (χ4n) is 1.99. The molecule has 2 rings (SSSR count). The van der Waals surface area contributed by atoms with Crippen LogP contribution in [0.25, 0.3) is 11.3 Å². The lowest BCUT2D eigenvalue weighted by Crippen LogP contribution is -2.04. The molecule has 0 saturated heterocycles. The lowest BCUT2D eigenvalue weighted by atomic mass is 10.1. The lowest BCUT2D eigenvalue weighted by Gasteiger charge is -2.08. The molecule has 0 aliphatic carbocycles. The van der Waals surface area contributed by atoms with Crippen LogP contribution in [0.5, 0.6) is 5.75 Å². The quantitative estimate of drug-likeness (QED) is 0.910. The summed E-state index contributed by atoms with van der Waals surface area (Å²) in [4.78, 5) is 14.9. The van der Waals surface area contributed by atoms with E-state index in [0.29, 0.717) is 6.42 Å². The smallest absolute Gasteiger partial charge is 0.303 e. The van der Waals surface area contributed by atoms with E-state index < -0.39 is 5.97 Å². The monoisotopic (exact) mass is 338 g/mol. The Kier molecular flexibility index (Phi) is 4.44. The highest BCUT2D eigenvalue weighted by molar-refractivity contribution is 9.10. The van der Waals surface area contributed by atoms with Crippen LogP contribution in [0.3, 0.4) is 0 Å². The molecular formula is C14H15BrN2O3. The molecule has 1 N–H and O–H groups in total. The summed E-state index contributed by atoms with van der Waals surface area (Å²) in [5.74, 6) is 0.707. The van der Waals surface area contributed by atoms with Crippen LogP contribution in [0.1, 0.15) is 12.2 Å². The van der Waals surface area contributed by atoms with Gasteiger partial charge in [-0.05, 0) is 34.1 Å². The van der Waals surface area contributed by atoms with Crippen LogP contribution in [0.2, 0.25) is 0 Å². The number of ether oxygens (including phenoxy) is 1. The number of aliphatic carboxylic acids is 1. The van der Waals surface area contributed by atoms with E-state index in [0.717, 1.165) is 27.3 Å². The highest BCUT2D eigenvalue weighted by Gasteiger charge is 2.11. The first-order valence-electron chi connectivity index (χ1n) is 6.09. The van der Waals surface area contributed by atoms with E-state index >= 15 is 0 Å². The fraction of sp³-hybridized carbons (Fsp3) is 0.286. The number of carbonyl (C=O) groups is 1. The van der Waals surface area contributed by atoms with Crippen molar-refractivity contribution in [1.82, 2.24) is 9.55 Å². The maximum atomic E-state index is 10.6. The standard InChI is InChI=1S/C14H15BrN2O3/c1-17-11(8-16-13(17)5-6-14(18)19)9-3-4-12(20-2)10(15)7-9/h3-4,7-8H,5-6H2,1-2H3,(H,18,19). The second-order valence-corrected chi connectivity index (χ2v) is 5.22. The molecule has 0 atom stereocenters. The first kappa shape index (κ1) is 14.6. The van der Waals surface area contributed by atoms with Gasteiger partial charge in [-0.1, -0.05) is 0 Å². The highest BCUT2D eigenvalue weighted by atomic mass is 79.9. The van der Waals surface area contributed by atoms with Crippen LogP contribution in [-0.2, 0) is 18.3 Å². The average Bonchev–Trinajstić information content (AvgIpc) is 2.77. The number of carboxylic acid groups (broad SMARTS) is 1. The van der Waals surface area contributed by atoms with Gasteiger partial charge in [0.15, 0.2) is 0 Å². The van der Waals surface area contributed by atoms with Crippen LogP contribution in [-0.4, -0.2) is 27.7 Å². The van der Waals surface area contributed by atoms with Crippen molar-refractivity contribution >= 4 is 21.9 Å². The number of aryl methyl sites for hydroxylation is 1. The number of nitrogens with zero attached hydrogens (tertiary/aromatic N) is 2. The maximum absolute atomic E-state index is 10.6. The summed E-state index contributed by atoms with van der Waals surface area (Å²) in [6.45, 7) is 0. The number of imidazole rings is 1. The molecule has 6 heteroatoms. The summed E-state index contributed by atoms with van der Waals surface area (Å²) < 4.78 is 7.98. The normalized spacial score (nSPS) is 10.6. The summed E-state index contributed by atoms with van der Waals surface area (Å²) in [6.07, 6.45) is 2.26. The molecule has 0 fully saturated rings. The first-order valence-corrected chi connectivity index (χ1v) is 6.88. The minimum Gasteiger partial charge on any atom is -0.496 e. The third-order valence-electron chi connectivity index (χ3n) is 3.09. The minimum absolute atomic E-state index is 0.0800. The topological polar surface area (TPSA) is 64.3 Å². The van der Waals surface area contributed by atoms with Crippen LogP contribution >= 0.6 is 15.9 Å². The Bertz CT molecular complexity index is 637. The SMILES string of the molecule is COc1ccc(-c2cnc(CCC(=O)O)n2C)cc1Br. The van der Waals surface area contributed by atoms with Crippen molar-refractivity contribution in [2.24, 2.45) is 7.05 Å². The summed E-state index contributed by atoms with van der Waals surface area (Å²) in [7, 11) is 3.51. The molecule has 5 nitrogen and oxygen atoms in total. The number of hydrogen-bond acceptors (Lipinski definition) is 3. The Morgan fingerprint density at radius 1 is 1.50 bits per heavy atom. The van der Waals surface area contributed by atoms with E-state index in [2.05, 4.69) is 20.9 Å². The molecule has 0 saturated carbocycles. The van der Waals surface area contributed by atoms with Gasteiger partial charge in [0.05, 0.1) is 29.9 Å². The van der Waals surface area contributed by atoms with E-state index in [4.69, 9.17) is 9.84 Å². The first-order chi connectivity index (χ1) is 9.52. The molecule has 1 aromatic heterocycles. The molecule has 106 valence electrons. The highest BCUT2D eigenvalue weighted by Crippen LogP contribution is 2.30. The third-order valence-corrected chi connectivity index (χ3v) is 3.71. The maximum Gasteiger partial charge on any atom is 0.303 e. The van der Waals surface area contributed by atoms with Gasteiger partial charge >= 0.3 is 5.97 Å². The van der Waals surface area contributed by atoms with E-state index in [1.54, 1.807) is 13.3 Å². The van der Waals surface area contributed by atoms with Crippen LogP contribution in [0.4, 0.5) is 0 Å². The van der Waals surface area contributed by atoms with Crippen molar-refractivity contribution in [3.8, 4) is 17.0 Å². The van der Waals surface area contributed by atoms with Crippen LogP contribution < -0.4 is 4.74 Å². The van der Waals surface area contributed by atoms with Gasteiger partial charge in [-0.3, -0.25) is 4.79 Å². The molecule has 0 aliphatic rings. The Labute approximate surface area is 125 Å². The summed E-state index contributed by atoms with van der Waals surface area (Å²) >= 11 is 3.45. The zero-order chi connectivity index (χ0) is 14.7. The molecule has 1 aromatic carbocycles. The van der Waals surface area contributed by atoms with Crippen molar-refractivity contribution in [2.45, 2.75) is 12.8 Å². The molecule has 0 unspecified atom stereocenters. The van der Waals surface area contributed by atoms with Gasteiger partial charge in [0.25, 0.3) is 0 Å². The molecule has 1 heterocycles. The molecule has 20 heavy (non-hydrogen) atoms. The Balaban J connectivity index is 2.29. The molecule has 0 aliphatic heterocycles. The van der Waals surface area contributed by atoms with E-state index in [-0.39, 0.29) is 6.42 Å². The van der Waals surface area contributed by atoms with Gasteiger partial charge in [-0.25, -0.2) is 4.98 Å². The van der Waals surface area contributed by atoms with Gasteiger partial charge in [-0.15, -0.1) is 0 Å². The molecule has 0 radical (unpaired) electrons. The van der Waals surface area contributed by atoms with Crippen LogP contribution in [0, 0.1) is 0 Å². The average molecular weight is 339 g/mol. The fourth-order valence-corrected chi connectivity index (χ4v) is 2.53. The number of carboxylic acids is 1. The second-order valence-electron chi connectivity index (χ2n) is 4.36. The van der Waals surface area contributed by atoms with Gasteiger partial charge in [-0.2, -0.15) is 0 Å². The molecule has 0 spiro atoms. The number of benzene rings is 1. The molecule has 0 amide bonds. The Morgan fingerprint density at radius 2 is 2.25 bits per heavy atom. The molecule has 0 bridgehead atoms. The van der Waals surface area contributed by atoms with Gasteiger partial charge in [0.2, 0.25) is 0 Å².